The van der Waals surface area contributed by atoms with E-state index in [1.54, 1.807) is 0 Å². The van der Waals surface area contributed by atoms with Crippen molar-refractivity contribution < 1.29 is 18.7 Å². The summed E-state index contributed by atoms with van der Waals surface area (Å²) in [7, 11) is 0. The van der Waals surface area contributed by atoms with Crippen LogP contribution in [0.5, 0.6) is 5.75 Å². The monoisotopic (exact) mass is 368 g/mol. The number of ether oxygens (including phenoxy) is 1. The molecule has 0 aliphatic carbocycles. The molecule has 0 N–H and O–H groups in total. The summed E-state index contributed by atoms with van der Waals surface area (Å²) in [5.74, 6) is 1.40. The highest BCUT2D eigenvalue weighted by Gasteiger charge is 2.42. The number of carbonyl (C=O) groups is 2. The number of hydrogen-bond donors (Lipinski definition) is 0. The Bertz CT molecular complexity index is 873. The summed E-state index contributed by atoms with van der Waals surface area (Å²) in [6, 6.07) is 7.41. The van der Waals surface area contributed by atoms with E-state index in [0.717, 1.165) is 12.8 Å². The van der Waals surface area contributed by atoms with Crippen molar-refractivity contribution in [2.24, 2.45) is 0 Å². The van der Waals surface area contributed by atoms with Crippen LogP contribution in [-0.2, 0) is 0 Å². The maximum absolute atomic E-state index is 13.0. The van der Waals surface area contributed by atoms with Crippen molar-refractivity contribution in [1.82, 2.24) is 9.88 Å². The van der Waals surface area contributed by atoms with E-state index in [0.29, 0.717) is 48.7 Å². The van der Waals surface area contributed by atoms with Crippen molar-refractivity contribution in [3.05, 3.63) is 47.7 Å². The minimum Gasteiger partial charge on any atom is -0.486 e. The zero-order valence-corrected chi connectivity index (χ0v) is 15.7. The molecule has 1 atom stereocenters. The largest absolute Gasteiger partial charge is 0.486 e. The minimum absolute atomic E-state index is 0.0978. The van der Waals surface area contributed by atoms with E-state index in [4.69, 9.17) is 9.15 Å². The summed E-state index contributed by atoms with van der Waals surface area (Å²) in [5.41, 5.74) is 0.530. The van der Waals surface area contributed by atoms with E-state index in [9.17, 15) is 9.59 Å². The molecule has 4 rings (SSSR count). The minimum atomic E-state index is -0.523. The van der Waals surface area contributed by atoms with Gasteiger partial charge in [0.25, 0.3) is 5.91 Å². The van der Waals surface area contributed by atoms with Gasteiger partial charge in [0.05, 0.1) is 12.0 Å². The van der Waals surface area contributed by atoms with Gasteiger partial charge in [0.15, 0.2) is 17.9 Å². The number of hydrogen-bond acceptors (Lipinski definition) is 5. The van der Waals surface area contributed by atoms with E-state index in [1.165, 1.54) is 6.39 Å². The fraction of sp³-hybridized carbons (Fsp3) is 0.476. The fourth-order valence-corrected chi connectivity index (χ4v) is 4.07. The molecule has 0 bridgehead atoms. The molecule has 142 valence electrons. The maximum atomic E-state index is 13.0. The molecule has 1 fully saturated rings. The lowest BCUT2D eigenvalue weighted by atomic mass is 9.84. The first-order valence-electron chi connectivity index (χ1n) is 9.53. The van der Waals surface area contributed by atoms with Crippen molar-refractivity contribution >= 4 is 11.7 Å². The zero-order chi connectivity index (χ0) is 19.0. The zero-order valence-electron chi connectivity index (χ0n) is 15.7. The molecule has 0 radical (unpaired) electrons. The molecule has 2 aliphatic heterocycles. The van der Waals surface area contributed by atoms with Gasteiger partial charge in [-0.15, -0.1) is 0 Å². The number of benzene rings is 1. The molecule has 1 aromatic heterocycles. The van der Waals surface area contributed by atoms with Crippen LogP contribution < -0.4 is 4.74 Å². The van der Waals surface area contributed by atoms with Gasteiger partial charge in [-0.25, -0.2) is 4.98 Å². The van der Waals surface area contributed by atoms with Crippen molar-refractivity contribution in [3.8, 4) is 5.75 Å². The average Bonchev–Trinajstić information content (AvgIpc) is 3.06. The predicted octanol–water partition coefficient (Wildman–Crippen LogP) is 3.83. The molecule has 6 nitrogen and oxygen atoms in total. The highest BCUT2D eigenvalue weighted by atomic mass is 16.5. The van der Waals surface area contributed by atoms with E-state index in [2.05, 4.69) is 4.98 Å². The molecular weight excluding hydrogens is 344 g/mol. The van der Waals surface area contributed by atoms with E-state index in [-0.39, 0.29) is 17.6 Å². The molecule has 1 aromatic carbocycles. The summed E-state index contributed by atoms with van der Waals surface area (Å²) in [6.45, 7) is 5.13. The maximum Gasteiger partial charge on any atom is 0.276 e. The first-order valence-corrected chi connectivity index (χ1v) is 9.53. The third-order valence-corrected chi connectivity index (χ3v) is 5.50. The van der Waals surface area contributed by atoms with Crippen LogP contribution in [0.4, 0.5) is 0 Å². The topological polar surface area (TPSA) is 72.6 Å². The predicted molar refractivity (Wildman–Crippen MR) is 99.1 cm³/mol. The van der Waals surface area contributed by atoms with Crippen LogP contribution in [0.2, 0.25) is 0 Å². The lowest BCUT2D eigenvalue weighted by Crippen LogP contribution is -2.43. The second-order valence-corrected chi connectivity index (χ2v) is 7.75. The first kappa shape index (κ1) is 17.8. The Kier molecular flexibility index (Phi) is 4.50. The molecule has 1 unspecified atom stereocenters. The van der Waals surface area contributed by atoms with Gasteiger partial charge in [0, 0.05) is 25.4 Å². The Morgan fingerprint density at radius 1 is 1.22 bits per heavy atom. The van der Waals surface area contributed by atoms with Gasteiger partial charge in [-0.1, -0.05) is 26.0 Å². The quantitative estimate of drug-likeness (QED) is 0.805. The Labute approximate surface area is 158 Å². The van der Waals surface area contributed by atoms with Crippen LogP contribution in [0.1, 0.15) is 72.1 Å². The summed E-state index contributed by atoms with van der Waals surface area (Å²) in [4.78, 5) is 31.5. The smallest absolute Gasteiger partial charge is 0.276 e. The van der Waals surface area contributed by atoms with E-state index in [1.807, 2.05) is 43.0 Å². The van der Waals surface area contributed by atoms with E-state index >= 15 is 0 Å². The Balaban J connectivity index is 1.52. The van der Waals surface area contributed by atoms with Crippen molar-refractivity contribution in [1.29, 1.82) is 0 Å². The second-order valence-electron chi connectivity index (χ2n) is 7.75. The van der Waals surface area contributed by atoms with Crippen LogP contribution in [0.15, 0.2) is 35.1 Å². The highest BCUT2D eigenvalue weighted by molar-refractivity contribution is 6.00. The molecule has 1 amide bonds. The number of nitrogens with zero attached hydrogens (tertiary/aromatic N) is 2. The number of rotatable bonds is 2. The number of carbonyl (C=O) groups excluding carboxylic acids is 2. The number of aromatic nitrogens is 1. The summed E-state index contributed by atoms with van der Waals surface area (Å²) in [5, 5.41) is 0. The van der Waals surface area contributed by atoms with Crippen LogP contribution in [0, 0.1) is 0 Å². The van der Waals surface area contributed by atoms with Gasteiger partial charge < -0.3 is 14.1 Å². The van der Waals surface area contributed by atoms with Gasteiger partial charge in [-0.3, -0.25) is 9.59 Å². The third kappa shape index (κ3) is 3.24. The number of oxazole rings is 1. The molecule has 27 heavy (non-hydrogen) atoms. The highest BCUT2D eigenvalue weighted by Crippen LogP contribution is 2.39. The SMILES string of the molecule is CC(C)c1ocnc1C(=O)N1CCCC2(CC1)CC(=O)c1ccccc1O2. The first-order chi connectivity index (χ1) is 13.0. The number of amides is 1. The number of likely N-dealkylation sites (tertiary alicyclic amines) is 1. The molecule has 3 heterocycles. The normalized spacial score (nSPS) is 22.5. The second kappa shape index (κ2) is 6.83. The molecule has 1 spiro atoms. The average molecular weight is 368 g/mol. The Morgan fingerprint density at radius 2 is 2.04 bits per heavy atom. The molecular formula is C21H24N2O4. The Morgan fingerprint density at radius 3 is 2.85 bits per heavy atom. The van der Waals surface area contributed by atoms with Crippen LogP contribution >= 0.6 is 0 Å². The molecule has 2 aromatic rings. The lowest BCUT2D eigenvalue weighted by molar-refractivity contribution is 0.0300. The lowest BCUT2D eigenvalue weighted by Gasteiger charge is -2.37. The van der Waals surface area contributed by atoms with Crippen LogP contribution in [0.25, 0.3) is 0 Å². The number of ketones is 1. The van der Waals surface area contributed by atoms with Crippen molar-refractivity contribution in [2.75, 3.05) is 13.1 Å². The molecule has 2 aliphatic rings. The summed E-state index contributed by atoms with van der Waals surface area (Å²) in [6.07, 6.45) is 3.88. The van der Waals surface area contributed by atoms with Gasteiger partial charge in [0.2, 0.25) is 0 Å². The number of para-hydroxylation sites is 1. The van der Waals surface area contributed by atoms with Crippen molar-refractivity contribution in [3.63, 3.8) is 0 Å². The standard InChI is InChI=1S/C21H24N2O4/c1-14(2)19-18(22-13-26-19)20(25)23-10-5-8-21(9-11-23)12-16(24)15-6-3-4-7-17(15)27-21/h3-4,6-7,13-14H,5,8-12H2,1-2H3. The number of fused-ring (bicyclic) bond motifs is 1. The Hall–Kier alpha value is -2.63. The van der Waals surface area contributed by atoms with Gasteiger partial charge in [-0.2, -0.15) is 0 Å². The number of Topliss-reactive ketones (excluding diaryl/α,β-unsaturated/α-hetero) is 1. The van der Waals surface area contributed by atoms with Gasteiger partial charge in [0.1, 0.15) is 17.1 Å². The van der Waals surface area contributed by atoms with E-state index < -0.39 is 5.60 Å². The summed E-state index contributed by atoms with van der Waals surface area (Å²) < 4.78 is 11.7. The third-order valence-electron chi connectivity index (χ3n) is 5.50. The fourth-order valence-electron chi connectivity index (χ4n) is 4.07. The van der Waals surface area contributed by atoms with Crippen LogP contribution in [-0.4, -0.2) is 40.3 Å². The van der Waals surface area contributed by atoms with Gasteiger partial charge in [-0.05, 0) is 25.0 Å². The summed E-state index contributed by atoms with van der Waals surface area (Å²) >= 11 is 0. The van der Waals surface area contributed by atoms with Crippen LogP contribution in [0.3, 0.4) is 0 Å². The molecule has 6 heteroatoms. The van der Waals surface area contributed by atoms with Crippen molar-refractivity contribution in [2.45, 2.75) is 51.0 Å². The molecule has 1 saturated heterocycles. The molecule has 0 saturated carbocycles. The van der Waals surface area contributed by atoms with Gasteiger partial charge >= 0.3 is 0 Å².